The number of carbonyl (C=O) groups is 2. The van der Waals surface area contributed by atoms with Crippen molar-refractivity contribution in [3.05, 3.63) is 0 Å². The van der Waals surface area contributed by atoms with Crippen LogP contribution in [0.15, 0.2) is 0 Å². The third-order valence-corrected chi connectivity index (χ3v) is 11.9. The SMILES string of the molecule is CCCP1(=O)OP(=O)(CCC)OP(=O)(CCCCOC(=O)C(=O)Cl)O1. The number of unbranched alkanes of at least 4 members (excludes halogenated alkanes) is 1. The third-order valence-electron chi connectivity index (χ3n) is 2.96. The van der Waals surface area contributed by atoms with Crippen molar-refractivity contribution < 1.29 is 41.0 Å². The predicted molar refractivity (Wildman–Crippen MR) is 92.3 cm³/mol. The maximum Gasteiger partial charge on any atom is 0.391 e. The monoisotopic (exact) mass is 438 g/mol. The molecule has 25 heavy (non-hydrogen) atoms. The normalized spacial score (nSPS) is 32.3. The molecule has 13 heteroatoms. The molecule has 146 valence electrons. The highest BCUT2D eigenvalue weighted by Gasteiger charge is 2.51. The van der Waals surface area contributed by atoms with Crippen LogP contribution in [0, 0.1) is 0 Å². The van der Waals surface area contributed by atoms with E-state index in [-0.39, 0.29) is 37.9 Å². The Kier molecular flexibility index (Phi) is 9.03. The highest BCUT2D eigenvalue weighted by Crippen LogP contribution is 2.82. The van der Waals surface area contributed by atoms with E-state index in [0.717, 1.165) is 0 Å². The van der Waals surface area contributed by atoms with Crippen LogP contribution in [0.2, 0.25) is 0 Å². The van der Waals surface area contributed by atoms with Crippen LogP contribution in [-0.4, -0.2) is 36.3 Å². The lowest BCUT2D eigenvalue weighted by molar-refractivity contribution is -0.150. The summed E-state index contributed by atoms with van der Waals surface area (Å²) in [5.74, 6) is -1.17. The van der Waals surface area contributed by atoms with Gasteiger partial charge in [-0.3, -0.25) is 18.5 Å². The summed E-state index contributed by atoms with van der Waals surface area (Å²) in [5, 5.41) is -1.23. The van der Waals surface area contributed by atoms with Crippen LogP contribution in [0.1, 0.15) is 39.5 Å². The van der Waals surface area contributed by atoms with Crippen LogP contribution >= 0.6 is 34.4 Å². The first-order valence-corrected chi connectivity index (χ1v) is 13.4. The molecule has 0 N–H and O–H groups in total. The summed E-state index contributed by atoms with van der Waals surface area (Å²) in [6, 6.07) is 0. The van der Waals surface area contributed by atoms with Gasteiger partial charge in [-0.1, -0.05) is 13.8 Å². The van der Waals surface area contributed by atoms with E-state index >= 15 is 0 Å². The van der Waals surface area contributed by atoms with Gasteiger partial charge in [0.2, 0.25) is 0 Å². The van der Waals surface area contributed by atoms with Gasteiger partial charge in [-0.15, -0.1) is 0 Å². The fourth-order valence-electron chi connectivity index (χ4n) is 2.04. The molecule has 1 heterocycles. The Balaban J connectivity index is 2.67. The highest BCUT2D eigenvalue weighted by molar-refractivity contribution is 7.80. The summed E-state index contributed by atoms with van der Waals surface area (Å²) in [6.45, 7) is 3.36. The van der Waals surface area contributed by atoms with Gasteiger partial charge in [0.25, 0.3) is 0 Å². The Labute approximate surface area is 151 Å². The van der Waals surface area contributed by atoms with Crippen molar-refractivity contribution in [3.63, 3.8) is 0 Å². The molecule has 2 unspecified atom stereocenters. The Hall–Kier alpha value is 0.0000000000000000347. The maximum absolute atomic E-state index is 12.8. The lowest BCUT2D eigenvalue weighted by atomic mass is 10.4. The van der Waals surface area contributed by atoms with Gasteiger partial charge < -0.3 is 4.74 Å². The molecular formula is C12H22ClO9P3. The van der Waals surface area contributed by atoms with Crippen molar-refractivity contribution in [3.8, 4) is 0 Å². The van der Waals surface area contributed by atoms with Crippen LogP contribution in [0.5, 0.6) is 0 Å². The summed E-state index contributed by atoms with van der Waals surface area (Å²) in [4.78, 5) is 21.4. The summed E-state index contributed by atoms with van der Waals surface area (Å²) in [5.41, 5.74) is 0. The van der Waals surface area contributed by atoms with Gasteiger partial charge in [-0.2, -0.15) is 0 Å². The number of rotatable bonds is 10. The molecule has 0 bridgehead atoms. The molecule has 0 amide bonds. The summed E-state index contributed by atoms with van der Waals surface area (Å²) >= 11 is 4.93. The minimum Gasteiger partial charge on any atom is -0.459 e. The Morgan fingerprint density at radius 1 is 0.840 bits per heavy atom. The lowest BCUT2D eigenvalue weighted by Gasteiger charge is -2.34. The molecule has 0 aromatic carbocycles. The molecule has 0 aromatic heterocycles. The largest absolute Gasteiger partial charge is 0.459 e. The molecule has 2 atom stereocenters. The fraction of sp³-hybridized carbons (Fsp3) is 0.833. The van der Waals surface area contributed by atoms with Crippen molar-refractivity contribution >= 4 is 45.6 Å². The zero-order chi connectivity index (χ0) is 19.1. The van der Waals surface area contributed by atoms with Crippen LogP contribution in [-0.2, 0) is 41.0 Å². The van der Waals surface area contributed by atoms with E-state index in [2.05, 4.69) is 4.74 Å². The van der Waals surface area contributed by atoms with Gasteiger partial charge in [-0.05, 0) is 37.3 Å². The number of carbonyl (C=O) groups excluding carboxylic acids is 2. The van der Waals surface area contributed by atoms with E-state index < -0.39 is 34.0 Å². The van der Waals surface area contributed by atoms with E-state index in [0.29, 0.717) is 12.8 Å². The molecule has 0 aliphatic carbocycles. The zero-order valence-corrected chi connectivity index (χ0v) is 17.5. The van der Waals surface area contributed by atoms with E-state index in [1.165, 1.54) is 0 Å². The van der Waals surface area contributed by atoms with Gasteiger partial charge in [0.05, 0.1) is 25.1 Å². The van der Waals surface area contributed by atoms with Gasteiger partial charge in [0.1, 0.15) is 0 Å². The molecule has 0 radical (unpaired) electrons. The van der Waals surface area contributed by atoms with Crippen LogP contribution in [0.25, 0.3) is 0 Å². The molecule has 0 spiro atoms. The molecule has 1 saturated heterocycles. The third kappa shape index (κ3) is 7.64. The Bertz CT molecular complexity index is 603. The average molecular weight is 439 g/mol. The molecule has 1 aliphatic rings. The second-order valence-corrected chi connectivity index (χ2v) is 12.7. The Morgan fingerprint density at radius 3 is 1.68 bits per heavy atom. The van der Waals surface area contributed by atoms with Crippen molar-refractivity contribution in [2.45, 2.75) is 39.5 Å². The van der Waals surface area contributed by atoms with Gasteiger partial charge in [0.15, 0.2) is 0 Å². The second kappa shape index (κ2) is 9.80. The molecule has 1 fully saturated rings. The number of ether oxygens (including phenoxy) is 1. The highest BCUT2D eigenvalue weighted by atomic mass is 35.5. The molecule has 0 aromatic rings. The summed E-state index contributed by atoms with van der Waals surface area (Å²) in [7, 11) is -11.4. The van der Waals surface area contributed by atoms with E-state index in [1.807, 2.05) is 0 Å². The van der Waals surface area contributed by atoms with Crippen LogP contribution in [0.3, 0.4) is 0 Å². The van der Waals surface area contributed by atoms with Crippen molar-refractivity contribution in [1.29, 1.82) is 0 Å². The standard InChI is InChI=1S/C12H22ClO9P3/c1-3-8-23(16)20-24(17,9-4-2)22-25(18,21-23)10-6-5-7-19-12(15)11(13)14/h3-10H2,1-2H3. The smallest absolute Gasteiger partial charge is 0.391 e. The van der Waals surface area contributed by atoms with Crippen LogP contribution in [0.4, 0.5) is 0 Å². The number of hydrogen-bond acceptors (Lipinski definition) is 9. The molecule has 1 rings (SSSR count). The number of esters is 1. The van der Waals surface area contributed by atoms with Gasteiger partial charge in [0, 0.05) is 0 Å². The number of hydrogen-bond donors (Lipinski definition) is 0. The van der Waals surface area contributed by atoms with E-state index in [4.69, 9.17) is 24.5 Å². The van der Waals surface area contributed by atoms with Gasteiger partial charge >= 0.3 is 34.0 Å². The van der Waals surface area contributed by atoms with Gasteiger partial charge in [-0.25, -0.2) is 17.7 Å². The Morgan fingerprint density at radius 2 is 1.28 bits per heavy atom. The van der Waals surface area contributed by atoms with Crippen molar-refractivity contribution in [1.82, 2.24) is 0 Å². The lowest BCUT2D eigenvalue weighted by Crippen LogP contribution is -2.13. The predicted octanol–water partition coefficient (Wildman–Crippen LogP) is 4.54. The first-order valence-electron chi connectivity index (χ1n) is 7.85. The fourth-order valence-corrected chi connectivity index (χ4v) is 11.5. The zero-order valence-electron chi connectivity index (χ0n) is 14.1. The number of halogens is 1. The first kappa shape index (κ1) is 23.0. The van der Waals surface area contributed by atoms with E-state index in [1.54, 1.807) is 13.8 Å². The quantitative estimate of drug-likeness (QED) is 0.159. The molecule has 0 saturated carbocycles. The average Bonchev–Trinajstić information content (AvgIpc) is 2.44. The van der Waals surface area contributed by atoms with Crippen LogP contribution < -0.4 is 0 Å². The summed E-state index contributed by atoms with van der Waals surface area (Å²) < 4.78 is 57.9. The first-order chi connectivity index (χ1) is 11.6. The molecule has 9 nitrogen and oxygen atoms in total. The second-order valence-electron chi connectivity index (χ2n) is 5.37. The minimum absolute atomic E-state index is 0.0104. The molecule has 1 aliphatic heterocycles. The molecular weight excluding hydrogens is 416 g/mol. The minimum atomic E-state index is -3.88. The van der Waals surface area contributed by atoms with Crippen molar-refractivity contribution in [2.24, 2.45) is 0 Å². The van der Waals surface area contributed by atoms with Crippen molar-refractivity contribution in [2.75, 3.05) is 25.1 Å². The maximum atomic E-state index is 12.8. The summed E-state index contributed by atoms with van der Waals surface area (Å²) in [6.07, 6.45) is 1.14. The van der Waals surface area contributed by atoms with E-state index in [9.17, 15) is 23.3 Å². The topological polar surface area (TPSA) is 122 Å².